The molecule has 0 heterocycles. The molecule has 2 N–H and O–H groups in total. The molecule has 0 aliphatic heterocycles. The van der Waals surface area contributed by atoms with E-state index in [1.54, 1.807) is 5.32 Å². The Balaban J connectivity index is 2.30. The van der Waals surface area contributed by atoms with Crippen LogP contribution in [0.15, 0.2) is 42.5 Å². The summed E-state index contributed by atoms with van der Waals surface area (Å²) in [5, 5.41) is 3.75. The van der Waals surface area contributed by atoms with Crippen molar-refractivity contribution in [2.24, 2.45) is 0 Å². The van der Waals surface area contributed by atoms with Crippen LogP contribution >= 0.6 is 0 Å². The highest BCUT2D eigenvalue weighted by atomic mass is 19.4. The van der Waals surface area contributed by atoms with Gasteiger partial charge in [-0.25, -0.2) is 4.79 Å². The molecule has 27 heavy (non-hydrogen) atoms. The third-order valence-corrected chi connectivity index (χ3v) is 3.29. The summed E-state index contributed by atoms with van der Waals surface area (Å²) in [5.41, 5.74) is -4.95. The minimum Gasteiger partial charge on any atom is -0.308 e. The van der Waals surface area contributed by atoms with Gasteiger partial charge < -0.3 is 10.6 Å². The molecule has 3 nitrogen and oxygen atoms in total. The molecule has 0 saturated heterocycles. The van der Waals surface area contributed by atoms with Gasteiger partial charge in [-0.05, 0) is 24.3 Å². The normalized spacial score (nSPS) is 11.9. The Bertz CT molecular complexity index is 803. The van der Waals surface area contributed by atoms with Crippen LogP contribution in [0.4, 0.5) is 51.1 Å². The van der Waals surface area contributed by atoms with Gasteiger partial charge >= 0.3 is 25.7 Å². The van der Waals surface area contributed by atoms with E-state index in [1.807, 2.05) is 5.32 Å². The number of hydrogen-bond donors (Lipinski definition) is 2. The van der Waals surface area contributed by atoms with Crippen LogP contribution in [-0.4, -0.2) is 13.3 Å². The zero-order valence-corrected chi connectivity index (χ0v) is 13.1. The van der Waals surface area contributed by atoms with Gasteiger partial charge in [-0.1, -0.05) is 18.2 Å². The number of amides is 2. The van der Waals surface area contributed by atoms with Crippen molar-refractivity contribution in [1.29, 1.82) is 0 Å². The molecule has 0 aliphatic rings. The Morgan fingerprint density at radius 2 is 1.33 bits per heavy atom. The molecule has 0 aliphatic carbocycles. The maximum Gasteiger partial charge on any atom is 0.574 e. The van der Waals surface area contributed by atoms with Crippen molar-refractivity contribution in [2.75, 3.05) is 10.6 Å². The Morgan fingerprint density at radius 3 is 1.81 bits per heavy atom. The van der Waals surface area contributed by atoms with Crippen molar-refractivity contribution in [3.05, 3.63) is 53.6 Å². The van der Waals surface area contributed by atoms with Crippen LogP contribution in [0.2, 0.25) is 0 Å². The fraction of sp³-hybridized carbons (Fsp3) is 0.133. The van der Waals surface area contributed by atoms with E-state index in [0.717, 1.165) is 12.1 Å². The summed E-state index contributed by atoms with van der Waals surface area (Å²) in [6.07, 6.45) is -10.2. The number of benzene rings is 2. The van der Waals surface area contributed by atoms with Gasteiger partial charge in [0.2, 0.25) is 0 Å². The molecular weight excluding hydrogens is 387 g/mol. The highest BCUT2D eigenvalue weighted by molar-refractivity contribution is 6.62. The van der Waals surface area contributed by atoms with Gasteiger partial charge in [-0.15, -0.1) is 0 Å². The molecule has 0 fully saturated rings. The van der Waals surface area contributed by atoms with Gasteiger partial charge in [0.25, 0.3) is 0 Å². The van der Waals surface area contributed by atoms with Gasteiger partial charge in [-0.3, -0.25) is 8.63 Å². The third kappa shape index (κ3) is 5.34. The van der Waals surface area contributed by atoms with E-state index in [4.69, 9.17) is 0 Å². The number of carbonyl (C=O) groups is 1. The lowest BCUT2D eigenvalue weighted by Crippen LogP contribution is -2.29. The minimum atomic E-state index is -5.09. The van der Waals surface area contributed by atoms with E-state index >= 15 is 0 Å². The first-order valence-corrected chi connectivity index (χ1v) is 7.12. The van der Waals surface area contributed by atoms with Gasteiger partial charge in [0.05, 0.1) is 11.1 Å². The van der Waals surface area contributed by atoms with Gasteiger partial charge in [0.1, 0.15) is 0 Å². The predicted octanol–water partition coefficient (Wildman–Crippen LogP) is 5.00. The van der Waals surface area contributed by atoms with Crippen LogP contribution in [0.25, 0.3) is 0 Å². The molecule has 2 aromatic carbocycles. The highest BCUT2D eigenvalue weighted by Gasteiger charge is 2.37. The fourth-order valence-electron chi connectivity index (χ4n) is 2.11. The molecule has 0 unspecified atom stereocenters. The molecule has 144 valence electrons. The maximum atomic E-state index is 12.9. The summed E-state index contributed by atoms with van der Waals surface area (Å²) >= 11 is 0. The molecule has 0 aromatic heterocycles. The van der Waals surface area contributed by atoms with Crippen LogP contribution in [0.3, 0.4) is 0 Å². The average molecular weight is 396 g/mol. The van der Waals surface area contributed by atoms with Crippen molar-refractivity contribution < 1.29 is 39.8 Å². The number of hydrogen-bond acceptors (Lipinski definition) is 1. The number of para-hydroxylation sites is 1. The molecule has 12 heteroatoms. The second-order valence-electron chi connectivity index (χ2n) is 5.26. The topological polar surface area (TPSA) is 41.1 Å². The third-order valence-electron chi connectivity index (χ3n) is 3.29. The quantitative estimate of drug-likeness (QED) is 0.557. The molecule has 2 aromatic rings. The lowest BCUT2D eigenvalue weighted by Gasteiger charge is -2.15. The Hall–Kier alpha value is -2.79. The lowest BCUT2D eigenvalue weighted by molar-refractivity contribution is -0.143. The summed E-state index contributed by atoms with van der Waals surface area (Å²) in [7, 11) is -2.95. The second kappa shape index (κ2) is 7.45. The molecule has 0 bridgehead atoms. The first-order chi connectivity index (χ1) is 12.4. The second-order valence-corrected chi connectivity index (χ2v) is 5.26. The van der Waals surface area contributed by atoms with Crippen LogP contribution in [-0.2, 0) is 12.4 Å². The number of halogens is 8. The van der Waals surface area contributed by atoms with E-state index < -0.39 is 47.9 Å². The standard InChI is InChI=1S/C15H9BF8N2O/c17-14(18,19)8-5-9(15(20,21)22)7-10(6-8)25-13(27)26-12-4-2-1-3-11(12)16(23)24/h1-7H,(H2,25,26,27). The van der Waals surface area contributed by atoms with Gasteiger partial charge in [0, 0.05) is 16.8 Å². The zero-order chi connectivity index (χ0) is 20.4. The molecule has 0 saturated carbocycles. The smallest absolute Gasteiger partial charge is 0.308 e. The number of anilines is 2. The van der Waals surface area contributed by atoms with E-state index in [1.165, 1.54) is 12.1 Å². The van der Waals surface area contributed by atoms with Crippen LogP contribution in [0, 0.1) is 0 Å². The number of alkyl halides is 6. The number of urea groups is 1. The largest absolute Gasteiger partial charge is 0.574 e. The van der Waals surface area contributed by atoms with E-state index in [9.17, 15) is 39.8 Å². The molecule has 2 amide bonds. The summed E-state index contributed by atoms with van der Waals surface area (Å²) in [6, 6.07) is 3.91. The molecule has 0 atom stereocenters. The molecule has 0 spiro atoms. The summed E-state index contributed by atoms with van der Waals surface area (Å²) in [5.74, 6) is 0. The van der Waals surface area contributed by atoms with Gasteiger partial charge in [-0.2, -0.15) is 26.3 Å². The Kier molecular flexibility index (Phi) is 5.66. The zero-order valence-electron chi connectivity index (χ0n) is 13.1. The SMILES string of the molecule is O=C(Nc1cc(C(F)(F)F)cc(C(F)(F)F)c1)Nc1ccccc1B(F)F. The van der Waals surface area contributed by atoms with Crippen molar-refractivity contribution in [1.82, 2.24) is 0 Å². The Labute approximate surface area is 147 Å². The summed E-state index contributed by atoms with van der Waals surface area (Å²) in [4.78, 5) is 11.8. The number of carbonyl (C=O) groups excluding carboxylic acids is 1. The number of nitrogens with one attached hydrogen (secondary N) is 2. The first-order valence-electron chi connectivity index (χ1n) is 7.12. The van der Waals surface area contributed by atoms with Crippen LogP contribution < -0.4 is 16.1 Å². The molecule has 2 rings (SSSR count). The first kappa shape index (κ1) is 20.5. The highest BCUT2D eigenvalue weighted by Crippen LogP contribution is 2.37. The van der Waals surface area contributed by atoms with Crippen molar-refractivity contribution in [2.45, 2.75) is 12.4 Å². The van der Waals surface area contributed by atoms with Gasteiger partial charge in [0.15, 0.2) is 0 Å². The molecular formula is C15H9BF8N2O. The fourth-order valence-corrected chi connectivity index (χ4v) is 2.11. The van der Waals surface area contributed by atoms with E-state index in [0.29, 0.717) is 12.1 Å². The Morgan fingerprint density at radius 1 is 0.815 bits per heavy atom. The monoisotopic (exact) mass is 396 g/mol. The minimum absolute atomic E-state index is 0.102. The number of rotatable bonds is 3. The average Bonchev–Trinajstić information content (AvgIpc) is 2.53. The van der Waals surface area contributed by atoms with Crippen LogP contribution in [0.1, 0.15) is 11.1 Å². The lowest BCUT2D eigenvalue weighted by atomic mass is 9.84. The predicted molar refractivity (Wildman–Crippen MR) is 83.1 cm³/mol. The summed E-state index contributed by atoms with van der Waals surface area (Å²) < 4.78 is 102. The maximum absolute atomic E-state index is 12.9. The van der Waals surface area contributed by atoms with E-state index in [2.05, 4.69) is 0 Å². The van der Waals surface area contributed by atoms with E-state index in [-0.39, 0.29) is 11.8 Å². The molecule has 0 radical (unpaired) electrons. The van der Waals surface area contributed by atoms with Crippen molar-refractivity contribution >= 4 is 30.1 Å². The summed E-state index contributed by atoms with van der Waals surface area (Å²) in [6.45, 7) is 0. The van der Waals surface area contributed by atoms with Crippen molar-refractivity contribution in [3.63, 3.8) is 0 Å². The van der Waals surface area contributed by atoms with Crippen LogP contribution in [0.5, 0.6) is 0 Å². The van der Waals surface area contributed by atoms with Crippen molar-refractivity contribution in [3.8, 4) is 0 Å².